The van der Waals surface area contributed by atoms with Crippen molar-refractivity contribution in [3.05, 3.63) is 28.0 Å². The van der Waals surface area contributed by atoms with Gasteiger partial charge in [0, 0.05) is 13.1 Å². The Labute approximate surface area is 127 Å². The minimum atomic E-state index is 0.113. The zero-order chi connectivity index (χ0) is 14.1. The zero-order valence-corrected chi connectivity index (χ0v) is 12.6. The van der Waals surface area contributed by atoms with E-state index in [-0.39, 0.29) is 12.5 Å². The minimum Gasteiger partial charge on any atom is -0.341 e. The van der Waals surface area contributed by atoms with E-state index in [9.17, 15) is 4.79 Å². The number of piperidine rings is 1. The van der Waals surface area contributed by atoms with Gasteiger partial charge in [-0.15, -0.1) is 0 Å². The van der Waals surface area contributed by atoms with Gasteiger partial charge in [-0.3, -0.25) is 4.79 Å². The maximum Gasteiger partial charge on any atom is 0.242 e. The van der Waals surface area contributed by atoms with Crippen molar-refractivity contribution in [3.63, 3.8) is 0 Å². The Hall–Kier alpha value is -1.33. The maximum absolute atomic E-state index is 12.4. The molecule has 4 nitrogen and oxygen atoms in total. The van der Waals surface area contributed by atoms with Crippen molar-refractivity contribution >= 4 is 40.8 Å². The molecule has 1 amide bonds. The number of nitrogens with one attached hydrogen (secondary N) is 1. The SMILES string of the molecule is O=C(Cn1c(=S)[nH]c2cccc(Cl)c21)N1CCCCC1. The number of H-pyrrole nitrogens is 1. The van der Waals surface area contributed by atoms with E-state index < -0.39 is 0 Å². The van der Waals surface area contributed by atoms with E-state index in [4.69, 9.17) is 23.8 Å². The number of aromatic nitrogens is 2. The van der Waals surface area contributed by atoms with Crippen LogP contribution >= 0.6 is 23.8 Å². The van der Waals surface area contributed by atoms with Gasteiger partial charge in [-0.05, 0) is 43.6 Å². The number of rotatable bonds is 2. The Balaban J connectivity index is 1.92. The van der Waals surface area contributed by atoms with E-state index in [1.807, 2.05) is 23.1 Å². The number of aromatic amines is 1. The molecule has 0 bridgehead atoms. The Bertz CT molecular complexity index is 700. The van der Waals surface area contributed by atoms with Crippen molar-refractivity contribution in [2.24, 2.45) is 0 Å². The standard InChI is InChI=1S/C14H16ClN3OS/c15-10-5-4-6-11-13(10)18(14(20)16-11)9-12(19)17-7-2-1-3-8-17/h4-6H,1-3,7-9H2,(H,16,20). The average Bonchev–Trinajstić information content (AvgIpc) is 2.77. The van der Waals surface area contributed by atoms with Crippen LogP contribution < -0.4 is 0 Å². The third kappa shape index (κ3) is 2.47. The van der Waals surface area contributed by atoms with E-state index in [1.54, 1.807) is 4.57 Å². The molecular formula is C14H16ClN3OS. The Morgan fingerprint density at radius 2 is 2.05 bits per heavy atom. The summed E-state index contributed by atoms with van der Waals surface area (Å²) in [6, 6.07) is 5.60. The van der Waals surface area contributed by atoms with Gasteiger partial charge in [0.2, 0.25) is 5.91 Å². The van der Waals surface area contributed by atoms with Gasteiger partial charge in [-0.1, -0.05) is 17.7 Å². The summed E-state index contributed by atoms with van der Waals surface area (Å²) in [5, 5.41) is 0.612. The molecule has 2 aromatic rings. The number of likely N-dealkylation sites (tertiary alicyclic amines) is 1. The van der Waals surface area contributed by atoms with Gasteiger partial charge in [0.15, 0.2) is 4.77 Å². The lowest BCUT2D eigenvalue weighted by molar-refractivity contribution is -0.132. The van der Waals surface area contributed by atoms with Crippen molar-refractivity contribution in [3.8, 4) is 0 Å². The van der Waals surface area contributed by atoms with Gasteiger partial charge in [-0.25, -0.2) is 0 Å². The van der Waals surface area contributed by atoms with Gasteiger partial charge in [0.05, 0.1) is 16.1 Å². The number of hydrogen-bond acceptors (Lipinski definition) is 2. The number of benzene rings is 1. The number of para-hydroxylation sites is 1. The molecule has 1 aliphatic rings. The molecule has 0 spiro atoms. The molecule has 0 atom stereocenters. The number of hydrogen-bond donors (Lipinski definition) is 1. The predicted octanol–water partition coefficient (Wildman–Crippen LogP) is 3.36. The van der Waals surface area contributed by atoms with E-state index in [2.05, 4.69) is 4.98 Å². The minimum absolute atomic E-state index is 0.113. The summed E-state index contributed by atoms with van der Waals surface area (Å²) in [5.74, 6) is 0.113. The summed E-state index contributed by atoms with van der Waals surface area (Å²) in [5.41, 5.74) is 1.68. The molecule has 1 saturated heterocycles. The Morgan fingerprint density at radius 1 is 1.30 bits per heavy atom. The van der Waals surface area contributed by atoms with Crippen LogP contribution in [0.3, 0.4) is 0 Å². The first kappa shape index (κ1) is 13.6. The van der Waals surface area contributed by atoms with E-state index in [0.717, 1.165) is 37.0 Å². The molecule has 0 radical (unpaired) electrons. The number of carbonyl (C=O) groups excluding carboxylic acids is 1. The van der Waals surface area contributed by atoms with Crippen LogP contribution in [-0.2, 0) is 11.3 Å². The lowest BCUT2D eigenvalue weighted by Crippen LogP contribution is -2.37. The molecule has 0 unspecified atom stereocenters. The first-order chi connectivity index (χ1) is 9.66. The van der Waals surface area contributed by atoms with Crippen LogP contribution in [0, 0.1) is 4.77 Å². The largest absolute Gasteiger partial charge is 0.341 e. The lowest BCUT2D eigenvalue weighted by Gasteiger charge is -2.26. The highest BCUT2D eigenvalue weighted by atomic mass is 35.5. The van der Waals surface area contributed by atoms with E-state index >= 15 is 0 Å². The molecular weight excluding hydrogens is 294 g/mol. The second-order valence-electron chi connectivity index (χ2n) is 5.09. The van der Waals surface area contributed by atoms with Gasteiger partial charge in [0.25, 0.3) is 0 Å². The summed E-state index contributed by atoms with van der Waals surface area (Å²) in [7, 11) is 0. The second-order valence-corrected chi connectivity index (χ2v) is 5.89. The zero-order valence-electron chi connectivity index (χ0n) is 11.1. The number of fused-ring (bicyclic) bond motifs is 1. The van der Waals surface area contributed by atoms with Crippen LogP contribution in [0.2, 0.25) is 5.02 Å². The molecule has 20 heavy (non-hydrogen) atoms. The normalized spacial score (nSPS) is 15.8. The van der Waals surface area contributed by atoms with Crippen molar-refractivity contribution < 1.29 is 4.79 Å². The highest BCUT2D eigenvalue weighted by molar-refractivity contribution is 7.71. The summed E-state index contributed by atoms with van der Waals surface area (Å²) in [6.45, 7) is 1.95. The van der Waals surface area contributed by atoms with Crippen LogP contribution in [0.4, 0.5) is 0 Å². The predicted molar refractivity (Wildman–Crippen MR) is 82.6 cm³/mol. The maximum atomic E-state index is 12.4. The third-order valence-corrected chi connectivity index (χ3v) is 4.37. The van der Waals surface area contributed by atoms with Crippen molar-refractivity contribution in [2.45, 2.75) is 25.8 Å². The quantitative estimate of drug-likeness (QED) is 0.864. The van der Waals surface area contributed by atoms with Gasteiger partial charge in [-0.2, -0.15) is 0 Å². The van der Waals surface area contributed by atoms with Crippen LogP contribution in [0.15, 0.2) is 18.2 Å². The molecule has 1 aromatic heterocycles. The monoisotopic (exact) mass is 309 g/mol. The molecule has 2 heterocycles. The molecule has 1 N–H and O–H groups in total. The number of amides is 1. The number of halogens is 1. The summed E-state index contributed by atoms with van der Waals surface area (Å²) in [4.78, 5) is 17.4. The lowest BCUT2D eigenvalue weighted by atomic mass is 10.1. The molecule has 0 aliphatic carbocycles. The highest BCUT2D eigenvalue weighted by Crippen LogP contribution is 2.23. The average molecular weight is 310 g/mol. The smallest absolute Gasteiger partial charge is 0.242 e. The van der Waals surface area contributed by atoms with Crippen LogP contribution in [0.1, 0.15) is 19.3 Å². The number of imidazole rings is 1. The van der Waals surface area contributed by atoms with E-state index in [0.29, 0.717) is 9.79 Å². The fraction of sp³-hybridized carbons (Fsp3) is 0.429. The number of nitrogens with zero attached hydrogens (tertiary/aromatic N) is 2. The first-order valence-electron chi connectivity index (χ1n) is 6.81. The third-order valence-electron chi connectivity index (χ3n) is 3.75. The van der Waals surface area contributed by atoms with Gasteiger partial charge < -0.3 is 14.5 Å². The first-order valence-corrected chi connectivity index (χ1v) is 7.60. The highest BCUT2D eigenvalue weighted by Gasteiger charge is 2.18. The van der Waals surface area contributed by atoms with Crippen LogP contribution in [0.25, 0.3) is 11.0 Å². The van der Waals surface area contributed by atoms with Gasteiger partial charge in [0.1, 0.15) is 6.54 Å². The molecule has 6 heteroatoms. The summed E-state index contributed by atoms with van der Waals surface area (Å²) >= 11 is 11.5. The van der Waals surface area contributed by atoms with E-state index in [1.165, 1.54) is 6.42 Å². The molecule has 106 valence electrons. The van der Waals surface area contributed by atoms with Crippen LogP contribution in [0.5, 0.6) is 0 Å². The van der Waals surface area contributed by atoms with Crippen molar-refractivity contribution in [1.29, 1.82) is 0 Å². The topological polar surface area (TPSA) is 41.0 Å². The summed E-state index contributed by atoms with van der Waals surface area (Å²) < 4.78 is 2.34. The van der Waals surface area contributed by atoms with Gasteiger partial charge >= 0.3 is 0 Å². The number of carbonyl (C=O) groups is 1. The second kappa shape index (κ2) is 5.58. The Kier molecular flexibility index (Phi) is 3.81. The van der Waals surface area contributed by atoms with Crippen molar-refractivity contribution in [2.75, 3.05) is 13.1 Å². The molecule has 1 aliphatic heterocycles. The molecule has 0 saturated carbocycles. The van der Waals surface area contributed by atoms with Crippen LogP contribution in [-0.4, -0.2) is 33.4 Å². The molecule has 1 fully saturated rings. The summed E-state index contributed by atoms with van der Waals surface area (Å²) in [6.07, 6.45) is 3.39. The van der Waals surface area contributed by atoms with Crippen molar-refractivity contribution in [1.82, 2.24) is 14.5 Å². The Morgan fingerprint density at radius 3 is 2.80 bits per heavy atom. The fourth-order valence-electron chi connectivity index (χ4n) is 2.70. The molecule has 3 rings (SSSR count). The molecule has 1 aromatic carbocycles. The fourth-order valence-corrected chi connectivity index (χ4v) is 3.25.